The molecule has 1 aromatic carbocycles. The van der Waals surface area contributed by atoms with Gasteiger partial charge in [0.15, 0.2) is 5.78 Å². The number of carbonyl (C=O) groups is 1. The molecule has 1 fully saturated rings. The van der Waals surface area contributed by atoms with Crippen molar-refractivity contribution in [1.29, 1.82) is 0 Å². The van der Waals surface area contributed by atoms with Crippen LogP contribution < -0.4 is 0 Å². The fourth-order valence-corrected chi connectivity index (χ4v) is 2.51. The molecule has 1 aliphatic rings. The van der Waals surface area contributed by atoms with E-state index in [9.17, 15) is 4.79 Å². The second-order valence-electron chi connectivity index (χ2n) is 3.82. The molecule has 0 amide bonds. The van der Waals surface area contributed by atoms with Crippen molar-refractivity contribution in [3.05, 3.63) is 46.0 Å². The lowest BCUT2D eigenvalue weighted by atomic mass is 9.99. The highest BCUT2D eigenvalue weighted by Gasteiger charge is 2.46. The van der Waals surface area contributed by atoms with Gasteiger partial charge in [0.1, 0.15) is 0 Å². The highest BCUT2D eigenvalue weighted by atomic mass is 35.5. The molecule has 1 aromatic rings. The fourth-order valence-electron chi connectivity index (χ4n) is 1.66. The van der Waals surface area contributed by atoms with Crippen LogP contribution in [0, 0.1) is 0 Å². The lowest BCUT2D eigenvalue weighted by molar-refractivity contribution is 0.104. The molecule has 0 N–H and O–H groups in total. The molecule has 0 heterocycles. The molecule has 0 saturated heterocycles. The van der Waals surface area contributed by atoms with Gasteiger partial charge in [-0.3, -0.25) is 4.79 Å². The van der Waals surface area contributed by atoms with Gasteiger partial charge in [-0.15, -0.1) is 11.6 Å². The molecule has 4 heteroatoms. The summed E-state index contributed by atoms with van der Waals surface area (Å²) in [6.07, 6.45) is 2.88. The number of hydrogen-bond acceptors (Lipinski definition) is 1. The summed E-state index contributed by atoms with van der Waals surface area (Å²) in [6, 6.07) is 3.25. The first-order valence-electron chi connectivity index (χ1n) is 4.84. The minimum Gasteiger partial charge on any atom is -0.289 e. The molecule has 0 unspecified atom stereocenters. The monoisotopic (exact) mass is 274 g/mol. The van der Waals surface area contributed by atoms with Crippen molar-refractivity contribution < 1.29 is 4.79 Å². The van der Waals surface area contributed by atoms with Crippen molar-refractivity contribution in [2.75, 3.05) is 0 Å². The fraction of sp³-hybridized carbons (Fsp3) is 0.250. The number of hydrogen-bond donors (Lipinski definition) is 0. The second-order valence-corrected chi connectivity index (χ2v) is 5.33. The molecule has 0 spiro atoms. The summed E-state index contributed by atoms with van der Waals surface area (Å²) in [5, 5.41) is 0.797. The molecular weight excluding hydrogens is 266 g/mol. The third-order valence-electron chi connectivity index (χ3n) is 2.68. The van der Waals surface area contributed by atoms with Crippen LogP contribution in [0.3, 0.4) is 0 Å². The zero-order chi connectivity index (χ0) is 11.9. The van der Waals surface area contributed by atoms with Gasteiger partial charge in [-0.25, -0.2) is 0 Å². The van der Waals surface area contributed by atoms with Crippen LogP contribution in [-0.4, -0.2) is 5.78 Å². The van der Waals surface area contributed by atoms with E-state index < -0.39 is 4.87 Å². The van der Waals surface area contributed by atoms with Crippen LogP contribution in [0.4, 0.5) is 0 Å². The van der Waals surface area contributed by atoms with E-state index in [0.717, 1.165) is 12.8 Å². The van der Waals surface area contributed by atoms with Crippen LogP contribution in [0.2, 0.25) is 10.0 Å². The zero-order valence-corrected chi connectivity index (χ0v) is 10.7. The summed E-state index contributed by atoms with van der Waals surface area (Å²) in [5.41, 5.74) is 1.14. The maximum Gasteiger partial charge on any atom is 0.185 e. The van der Waals surface area contributed by atoms with Crippen molar-refractivity contribution in [2.24, 2.45) is 0 Å². The van der Waals surface area contributed by atoms with Crippen LogP contribution in [0.25, 0.3) is 0 Å². The number of halogens is 3. The Morgan fingerprint density at radius 1 is 1.38 bits per heavy atom. The topological polar surface area (TPSA) is 17.1 Å². The third-order valence-corrected chi connectivity index (χ3v) is 4.05. The molecule has 0 radical (unpaired) electrons. The van der Waals surface area contributed by atoms with Gasteiger partial charge in [-0.05, 0) is 31.1 Å². The average molecular weight is 276 g/mol. The Hall–Kier alpha value is -0.500. The van der Waals surface area contributed by atoms with E-state index >= 15 is 0 Å². The van der Waals surface area contributed by atoms with E-state index in [1.165, 1.54) is 6.08 Å². The second kappa shape index (κ2) is 4.06. The number of rotatable bonds is 3. The van der Waals surface area contributed by atoms with Gasteiger partial charge in [0.05, 0.1) is 14.9 Å². The summed E-state index contributed by atoms with van der Waals surface area (Å²) in [6.45, 7) is 3.46. The SMILES string of the molecule is C=CC(=O)c1ccc(Cl)c(Cl)c1C1(Cl)CC1. The quantitative estimate of drug-likeness (QED) is 0.448. The van der Waals surface area contributed by atoms with E-state index in [1.54, 1.807) is 12.1 Å². The Labute approximate surface area is 109 Å². The van der Waals surface area contributed by atoms with Crippen molar-refractivity contribution in [3.8, 4) is 0 Å². The standard InChI is InChI=1S/C12H9Cl3O/c1-2-9(16)7-3-4-8(13)11(14)10(7)12(15)5-6-12/h2-4H,1,5-6H2. The Bertz CT molecular complexity index is 475. The molecule has 0 bridgehead atoms. The minimum absolute atomic E-state index is 0.180. The molecule has 1 nitrogen and oxygen atoms in total. The van der Waals surface area contributed by atoms with Crippen molar-refractivity contribution in [2.45, 2.75) is 17.7 Å². The first kappa shape index (κ1) is 12.0. The number of allylic oxidation sites excluding steroid dienone is 1. The highest BCUT2D eigenvalue weighted by Crippen LogP contribution is 2.56. The van der Waals surface area contributed by atoms with Gasteiger partial charge in [0.2, 0.25) is 0 Å². The summed E-state index contributed by atoms with van der Waals surface area (Å²) < 4.78 is 0. The van der Waals surface area contributed by atoms with Crippen LogP contribution >= 0.6 is 34.8 Å². The zero-order valence-electron chi connectivity index (χ0n) is 8.40. The van der Waals surface area contributed by atoms with E-state index in [-0.39, 0.29) is 5.78 Å². The van der Waals surface area contributed by atoms with Gasteiger partial charge < -0.3 is 0 Å². The molecule has 0 atom stereocenters. The molecule has 0 aromatic heterocycles. The van der Waals surface area contributed by atoms with E-state index in [2.05, 4.69) is 6.58 Å². The van der Waals surface area contributed by atoms with Gasteiger partial charge in [-0.2, -0.15) is 0 Å². The molecule has 16 heavy (non-hydrogen) atoms. The van der Waals surface area contributed by atoms with Crippen molar-refractivity contribution in [3.63, 3.8) is 0 Å². The number of alkyl halides is 1. The van der Waals surface area contributed by atoms with Gasteiger partial charge in [-0.1, -0.05) is 29.8 Å². The van der Waals surface area contributed by atoms with Gasteiger partial charge in [0.25, 0.3) is 0 Å². The Kier molecular flexibility index (Phi) is 3.04. The molecular formula is C12H9Cl3O. The molecule has 0 aliphatic heterocycles. The van der Waals surface area contributed by atoms with Crippen LogP contribution in [0.5, 0.6) is 0 Å². The summed E-state index contributed by atoms with van der Waals surface area (Å²) in [4.78, 5) is 11.2. The first-order chi connectivity index (χ1) is 7.49. The number of ketones is 1. The molecule has 84 valence electrons. The van der Waals surface area contributed by atoms with Crippen molar-refractivity contribution in [1.82, 2.24) is 0 Å². The lowest BCUT2D eigenvalue weighted by Gasteiger charge is -2.14. The number of carbonyl (C=O) groups excluding carboxylic acids is 1. The Balaban J connectivity index is 2.65. The lowest BCUT2D eigenvalue weighted by Crippen LogP contribution is -2.08. The van der Waals surface area contributed by atoms with Crippen LogP contribution in [0.1, 0.15) is 28.8 Å². The number of benzene rings is 1. The van der Waals surface area contributed by atoms with Gasteiger partial charge in [0, 0.05) is 11.1 Å². The molecule has 1 saturated carbocycles. The van der Waals surface area contributed by atoms with E-state index in [4.69, 9.17) is 34.8 Å². The molecule has 2 rings (SSSR count). The maximum atomic E-state index is 11.7. The first-order valence-corrected chi connectivity index (χ1v) is 5.97. The average Bonchev–Trinajstić information content (AvgIpc) is 3.00. The Morgan fingerprint density at radius 3 is 2.50 bits per heavy atom. The van der Waals surface area contributed by atoms with Crippen LogP contribution in [-0.2, 0) is 4.87 Å². The predicted molar refractivity (Wildman–Crippen MR) is 67.8 cm³/mol. The van der Waals surface area contributed by atoms with Crippen LogP contribution in [0.15, 0.2) is 24.8 Å². The predicted octanol–water partition coefficient (Wildman–Crippen LogP) is 4.59. The van der Waals surface area contributed by atoms with Gasteiger partial charge >= 0.3 is 0 Å². The molecule has 1 aliphatic carbocycles. The largest absolute Gasteiger partial charge is 0.289 e. The highest BCUT2D eigenvalue weighted by molar-refractivity contribution is 6.44. The van der Waals surface area contributed by atoms with Crippen molar-refractivity contribution >= 4 is 40.6 Å². The van der Waals surface area contributed by atoms with E-state index in [1.807, 2.05) is 0 Å². The summed E-state index contributed by atoms with van der Waals surface area (Å²) in [5.74, 6) is -0.180. The maximum absolute atomic E-state index is 11.7. The third kappa shape index (κ3) is 1.88. The Morgan fingerprint density at radius 2 is 2.00 bits per heavy atom. The normalized spacial score (nSPS) is 16.9. The summed E-state index contributed by atoms with van der Waals surface area (Å²) >= 11 is 18.4. The minimum atomic E-state index is -0.518. The smallest absolute Gasteiger partial charge is 0.185 e. The summed E-state index contributed by atoms with van der Waals surface area (Å²) in [7, 11) is 0. The van der Waals surface area contributed by atoms with E-state index in [0.29, 0.717) is 21.2 Å².